The molecule has 0 aromatic heterocycles. The van der Waals surface area contributed by atoms with Crippen molar-refractivity contribution >= 4 is 6.09 Å². The fraction of sp³-hybridized carbons (Fsp3) is 0.650. The molecule has 2 unspecified atom stereocenters. The molecule has 0 spiro atoms. The molecule has 0 radical (unpaired) electrons. The van der Waals surface area contributed by atoms with Gasteiger partial charge in [-0.15, -0.1) is 0 Å². The minimum Gasteiger partial charge on any atom is -0.444 e. The van der Waals surface area contributed by atoms with Crippen LogP contribution in [-0.4, -0.2) is 33.8 Å². The molecule has 2 fully saturated rings. The predicted molar refractivity (Wildman–Crippen MR) is 94.0 cm³/mol. The fourth-order valence-electron chi connectivity index (χ4n) is 4.31. The lowest BCUT2D eigenvalue weighted by Crippen LogP contribution is -2.59. The molecular formula is C20H25F4NO3. The van der Waals surface area contributed by atoms with E-state index in [0.717, 1.165) is 12.5 Å². The summed E-state index contributed by atoms with van der Waals surface area (Å²) in [7, 11) is 0. The van der Waals surface area contributed by atoms with Gasteiger partial charge in [-0.05, 0) is 57.7 Å². The first kappa shape index (κ1) is 20.9. The molecule has 8 heteroatoms. The molecule has 2 aliphatic heterocycles. The summed E-state index contributed by atoms with van der Waals surface area (Å²) in [5, 5.41) is 11.2. The van der Waals surface area contributed by atoms with Crippen LogP contribution in [0.5, 0.6) is 0 Å². The summed E-state index contributed by atoms with van der Waals surface area (Å²) >= 11 is 0. The van der Waals surface area contributed by atoms with Gasteiger partial charge in [0, 0.05) is 24.9 Å². The highest BCUT2D eigenvalue weighted by Gasteiger charge is 2.49. The number of hydrogen-bond donors (Lipinski definition) is 1. The summed E-state index contributed by atoms with van der Waals surface area (Å²) in [6.45, 7) is 5.29. The molecule has 2 aliphatic rings. The van der Waals surface area contributed by atoms with Crippen LogP contribution < -0.4 is 0 Å². The highest BCUT2D eigenvalue weighted by Crippen LogP contribution is 2.46. The Kier molecular flexibility index (Phi) is 5.15. The third-order valence-electron chi connectivity index (χ3n) is 5.42. The first-order chi connectivity index (χ1) is 12.8. The molecule has 1 aromatic rings. The lowest BCUT2D eigenvalue weighted by atomic mass is 9.72. The summed E-state index contributed by atoms with van der Waals surface area (Å²) in [6.07, 6.45) is -3.01. The van der Waals surface area contributed by atoms with Crippen LogP contribution in [0.1, 0.15) is 64.0 Å². The number of fused-ring (bicyclic) bond motifs is 2. The number of hydrogen-bond acceptors (Lipinski definition) is 3. The zero-order valence-corrected chi connectivity index (χ0v) is 16.1. The van der Waals surface area contributed by atoms with E-state index in [4.69, 9.17) is 4.74 Å². The quantitative estimate of drug-likeness (QED) is 0.673. The lowest BCUT2D eigenvalue weighted by Gasteiger charge is -2.52. The second kappa shape index (κ2) is 6.90. The van der Waals surface area contributed by atoms with Crippen LogP contribution in [-0.2, 0) is 16.5 Å². The zero-order valence-electron chi connectivity index (χ0n) is 16.1. The molecule has 1 aromatic carbocycles. The molecular weight excluding hydrogens is 378 g/mol. The van der Waals surface area contributed by atoms with E-state index in [1.807, 2.05) is 0 Å². The number of rotatable bonds is 1. The predicted octanol–water partition coefficient (Wildman–Crippen LogP) is 4.98. The van der Waals surface area contributed by atoms with Gasteiger partial charge in [-0.2, -0.15) is 13.2 Å². The molecule has 2 atom stereocenters. The van der Waals surface area contributed by atoms with E-state index in [0.29, 0.717) is 18.9 Å². The van der Waals surface area contributed by atoms with Crippen molar-refractivity contribution in [1.29, 1.82) is 0 Å². The number of piperidine rings is 2. The Morgan fingerprint density at radius 2 is 1.75 bits per heavy atom. The number of benzene rings is 1. The van der Waals surface area contributed by atoms with Crippen molar-refractivity contribution in [3.05, 3.63) is 35.1 Å². The monoisotopic (exact) mass is 403 g/mol. The fourth-order valence-corrected chi connectivity index (χ4v) is 4.31. The summed E-state index contributed by atoms with van der Waals surface area (Å²) < 4.78 is 58.4. The molecule has 1 amide bonds. The van der Waals surface area contributed by atoms with Crippen LogP contribution in [0.3, 0.4) is 0 Å². The molecule has 0 aliphatic carbocycles. The summed E-state index contributed by atoms with van der Waals surface area (Å²) in [4.78, 5) is 14.3. The van der Waals surface area contributed by atoms with E-state index >= 15 is 0 Å². The minimum atomic E-state index is -4.84. The number of alkyl halides is 3. The van der Waals surface area contributed by atoms with Crippen LogP contribution in [0.15, 0.2) is 18.2 Å². The Morgan fingerprint density at radius 3 is 2.25 bits per heavy atom. The average Bonchev–Trinajstić information content (AvgIpc) is 2.51. The van der Waals surface area contributed by atoms with Gasteiger partial charge in [-0.1, -0.05) is 6.07 Å². The molecule has 2 saturated heterocycles. The van der Waals surface area contributed by atoms with E-state index in [1.54, 1.807) is 25.7 Å². The van der Waals surface area contributed by atoms with Crippen molar-refractivity contribution in [2.24, 2.45) is 0 Å². The van der Waals surface area contributed by atoms with Crippen molar-refractivity contribution in [1.82, 2.24) is 4.90 Å². The maximum atomic E-state index is 13.6. The van der Waals surface area contributed by atoms with Gasteiger partial charge in [0.25, 0.3) is 0 Å². The van der Waals surface area contributed by atoms with E-state index < -0.39 is 34.9 Å². The van der Waals surface area contributed by atoms with Gasteiger partial charge in [0.15, 0.2) is 0 Å². The first-order valence-electron chi connectivity index (χ1n) is 9.41. The second-order valence-corrected chi connectivity index (χ2v) is 8.76. The number of halogens is 4. The van der Waals surface area contributed by atoms with Crippen LogP contribution >= 0.6 is 0 Å². The molecule has 156 valence electrons. The van der Waals surface area contributed by atoms with Gasteiger partial charge in [-0.3, -0.25) is 0 Å². The Hall–Kier alpha value is -1.83. The van der Waals surface area contributed by atoms with Crippen LogP contribution in [0.25, 0.3) is 0 Å². The Morgan fingerprint density at radius 1 is 1.18 bits per heavy atom. The standard InChI is InChI=1S/C20H25F4NO3/c1-18(2,3)28-17(26)25-13-5-4-6-14(25)11-19(27,10-13)12-7-8-16(21)15(9-12)20(22,23)24/h7-9,13-14,27H,4-6,10-11H2,1-3H3. The van der Waals surface area contributed by atoms with E-state index in [2.05, 4.69) is 0 Å². The third kappa shape index (κ3) is 4.11. The second-order valence-electron chi connectivity index (χ2n) is 8.76. The number of aliphatic hydroxyl groups is 1. The first-order valence-corrected chi connectivity index (χ1v) is 9.41. The summed E-state index contributed by atoms with van der Waals surface area (Å²) in [6, 6.07) is 1.95. The smallest absolute Gasteiger partial charge is 0.419 e. The van der Waals surface area contributed by atoms with Crippen molar-refractivity contribution in [2.45, 2.75) is 82.3 Å². The largest absolute Gasteiger partial charge is 0.444 e. The molecule has 28 heavy (non-hydrogen) atoms. The van der Waals surface area contributed by atoms with Crippen molar-refractivity contribution in [2.75, 3.05) is 0 Å². The molecule has 0 saturated carbocycles. The molecule has 2 heterocycles. The van der Waals surface area contributed by atoms with E-state index in [1.165, 1.54) is 6.07 Å². The normalized spacial score (nSPS) is 28.2. The number of amides is 1. The summed E-state index contributed by atoms with van der Waals surface area (Å²) in [5.74, 6) is -1.37. The zero-order chi connectivity index (χ0) is 20.9. The average molecular weight is 403 g/mol. The SMILES string of the molecule is CC(C)(C)OC(=O)N1C2CCCC1CC(O)(c1ccc(F)c(C(F)(F)F)c1)C2. The van der Waals surface area contributed by atoms with Crippen molar-refractivity contribution in [3.63, 3.8) is 0 Å². The van der Waals surface area contributed by atoms with Gasteiger partial charge in [-0.25, -0.2) is 9.18 Å². The van der Waals surface area contributed by atoms with Crippen molar-refractivity contribution < 1.29 is 32.2 Å². The number of carbonyl (C=O) groups excluding carboxylic acids is 1. The Balaban J connectivity index is 1.90. The van der Waals surface area contributed by atoms with Crippen LogP contribution in [0, 0.1) is 5.82 Å². The van der Waals surface area contributed by atoms with Crippen LogP contribution in [0.2, 0.25) is 0 Å². The molecule has 2 bridgehead atoms. The minimum absolute atomic E-state index is 0.0296. The van der Waals surface area contributed by atoms with Gasteiger partial charge in [0.05, 0.1) is 11.2 Å². The molecule has 3 rings (SSSR count). The maximum Gasteiger partial charge on any atom is 0.419 e. The maximum absolute atomic E-state index is 13.6. The number of ether oxygens (including phenoxy) is 1. The van der Waals surface area contributed by atoms with Gasteiger partial charge < -0.3 is 14.7 Å². The van der Waals surface area contributed by atoms with E-state index in [-0.39, 0.29) is 30.5 Å². The molecule has 1 N–H and O–H groups in total. The topological polar surface area (TPSA) is 49.8 Å². The number of nitrogens with zero attached hydrogens (tertiary/aromatic N) is 1. The van der Waals surface area contributed by atoms with Crippen LogP contribution in [0.4, 0.5) is 22.4 Å². The Labute approximate surface area is 161 Å². The molecule has 4 nitrogen and oxygen atoms in total. The van der Waals surface area contributed by atoms with E-state index in [9.17, 15) is 27.5 Å². The highest BCUT2D eigenvalue weighted by molar-refractivity contribution is 5.69. The van der Waals surface area contributed by atoms with Crippen molar-refractivity contribution in [3.8, 4) is 0 Å². The van der Waals surface area contributed by atoms with Gasteiger partial charge in [0.2, 0.25) is 0 Å². The third-order valence-corrected chi connectivity index (χ3v) is 5.42. The number of carbonyl (C=O) groups is 1. The lowest BCUT2D eigenvalue weighted by molar-refractivity contribution is -0.140. The van der Waals surface area contributed by atoms with Gasteiger partial charge >= 0.3 is 12.3 Å². The summed E-state index contributed by atoms with van der Waals surface area (Å²) in [5.41, 5.74) is -3.58. The highest BCUT2D eigenvalue weighted by atomic mass is 19.4. The van der Waals surface area contributed by atoms with Gasteiger partial charge in [0.1, 0.15) is 11.4 Å². The Bertz CT molecular complexity index is 743.